The van der Waals surface area contributed by atoms with Crippen LogP contribution in [0.25, 0.3) is 0 Å². The van der Waals surface area contributed by atoms with Crippen molar-refractivity contribution in [2.75, 3.05) is 26.3 Å². The van der Waals surface area contributed by atoms with E-state index in [2.05, 4.69) is 34.5 Å². The van der Waals surface area contributed by atoms with Crippen LogP contribution in [0.2, 0.25) is 0 Å². The maximum atomic E-state index is 13.5. The monoisotopic (exact) mass is 461 g/mol. The molecular weight excluding hydrogens is 426 g/mol. The van der Waals surface area contributed by atoms with E-state index in [0.29, 0.717) is 18.0 Å². The molecule has 3 atom stereocenters. The van der Waals surface area contributed by atoms with Crippen molar-refractivity contribution in [3.8, 4) is 0 Å². The normalized spacial score (nSPS) is 25.1. The molecule has 1 aliphatic carbocycles. The summed E-state index contributed by atoms with van der Waals surface area (Å²) in [6, 6.07) is 17.6. The lowest BCUT2D eigenvalue weighted by molar-refractivity contribution is -0.125. The minimum absolute atomic E-state index is 0.0114. The van der Waals surface area contributed by atoms with Gasteiger partial charge in [0.25, 0.3) is 5.91 Å². The fourth-order valence-electron chi connectivity index (χ4n) is 5.88. The van der Waals surface area contributed by atoms with Crippen molar-refractivity contribution in [2.24, 2.45) is 5.92 Å². The number of nitrogens with zero attached hydrogens (tertiary/aromatic N) is 2. The minimum atomic E-state index is -0.391. The summed E-state index contributed by atoms with van der Waals surface area (Å²) in [6.07, 6.45) is 5.20. The zero-order chi connectivity index (χ0) is 23.3. The summed E-state index contributed by atoms with van der Waals surface area (Å²) in [7, 11) is 0. The third-order valence-corrected chi connectivity index (χ3v) is 7.61. The zero-order valence-corrected chi connectivity index (χ0v) is 19.8. The van der Waals surface area contributed by atoms with Gasteiger partial charge in [0.05, 0.1) is 13.2 Å². The first-order valence-electron chi connectivity index (χ1n) is 12.7. The van der Waals surface area contributed by atoms with Crippen molar-refractivity contribution < 1.29 is 14.3 Å². The second kappa shape index (κ2) is 10.7. The van der Waals surface area contributed by atoms with Crippen LogP contribution in [0, 0.1) is 5.92 Å². The molecule has 0 spiro atoms. The summed E-state index contributed by atoms with van der Waals surface area (Å²) < 4.78 is 5.45. The van der Waals surface area contributed by atoms with Crippen LogP contribution in [-0.2, 0) is 22.6 Å². The quantitative estimate of drug-likeness (QED) is 0.714. The molecule has 3 unspecified atom stereocenters. The molecule has 2 aliphatic heterocycles. The number of amides is 2. The van der Waals surface area contributed by atoms with Gasteiger partial charge in [0.15, 0.2) is 0 Å². The summed E-state index contributed by atoms with van der Waals surface area (Å²) in [6.45, 7) is 4.87. The number of likely N-dealkylation sites (tertiary alicyclic amines) is 1. The molecule has 2 aromatic rings. The van der Waals surface area contributed by atoms with E-state index in [1.165, 1.54) is 12.0 Å². The second-order valence-electron chi connectivity index (χ2n) is 9.87. The van der Waals surface area contributed by atoms with E-state index in [1.807, 2.05) is 35.2 Å². The molecule has 2 heterocycles. The maximum absolute atomic E-state index is 13.5. The molecule has 6 heteroatoms. The molecule has 2 amide bonds. The number of carbonyl (C=O) groups excluding carboxylic acids is 2. The summed E-state index contributed by atoms with van der Waals surface area (Å²) in [5, 5.41) is 3.15. The van der Waals surface area contributed by atoms with Gasteiger partial charge in [-0.05, 0) is 48.4 Å². The van der Waals surface area contributed by atoms with E-state index in [-0.39, 0.29) is 17.9 Å². The van der Waals surface area contributed by atoms with Gasteiger partial charge in [-0.3, -0.25) is 14.5 Å². The molecule has 5 rings (SSSR count). The van der Waals surface area contributed by atoms with Crippen molar-refractivity contribution in [1.29, 1.82) is 0 Å². The second-order valence-corrected chi connectivity index (χ2v) is 9.87. The van der Waals surface area contributed by atoms with Gasteiger partial charge in [0.2, 0.25) is 5.91 Å². The Morgan fingerprint density at radius 1 is 0.941 bits per heavy atom. The summed E-state index contributed by atoms with van der Waals surface area (Å²) in [4.78, 5) is 31.1. The van der Waals surface area contributed by atoms with Gasteiger partial charge in [-0.25, -0.2) is 0 Å². The Labute approximate surface area is 202 Å². The maximum Gasteiger partial charge on any atom is 0.254 e. The first kappa shape index (κ1) is 23.1. The molecule has 1 saturated carbocycles. The smallest absolute Gasteiger partial charge is 0.254 e. The number of hydrogen-bond acceptors (Lipinski definition) is 4. The van der Waals surface area contributed by atoms with Crippen LogP contribution in [0.3, 0.4) is 0 Å². The Kier molecular flexibility index (Phi) is 7.26. The molecule has 2 aromatic carbocycles. The molecule has 6 nitrogen and oxygen atoms in total. The van der Waals surface area contributed by atoms with Gasteiger partial charge >= 0.3 is 0 Å². The van der Waals surface area contributed by atoms with Gasteiger partial charge < -0.3 is 15.0 Å². The Morgan fingerprint density at radius 2 is 1.71 bits per heavy atom. The lowest BCUT2D eigenvalue weighted by atomic mass is 9.84. The van der Waals surface area contributed by atoms with E-state index < -0.39 is 6.04 Å². The van der Waals surface area contributed by atoms with E-state index >= 15 is 0 Å². The van der Waals surface area contributed by atoms with Crippen LogP contribution < -0.4 is 5.32 Å². The lowest BCUT2D eigenvalue weighted by Crippen LogP contribution is -2.49. The van der Waals surface area contributed by atoms with Crippen molar-refractivity contribution in [3.05, 3.63) is 71.3 Å². The van der Waals surface area contributed by atoms with Crippen LogP contribution in [0.5, 0.6) is 0 Å². The molecule has 3 fully saturated rings. The molecule has 2 saturated heterocycles. The van der Waals surface area contributed by atoms with Gasteiger partial charge in [0, 0.05) is 37.8 Å². The van der Waals surface area contributed by atoms with E-state index in [0.717, 1.165) is 64.1 Å². The van der Waals surface area contributed by atoms with E-state index in [9.17, 15) is 9.59 Å². The van der Waals surface area contributed by atoms with E-state index in [4.69, 9.17) is 4.74 Å². The number of nitrogens with one attached hydrogen (secondary N) is 1. The molecule has 3 aliphatic rings. The molecule has 34 heavy (non-hydrogen) atoms. The Morgan fingerprint density at radius 3 is 2.53 bits per heavy atom. The number of fused-ring (bicyclic) bond motifs is 1. The predicted molar refractivity (Wildman–Crippen MR) is 131 cm³/mol. The molecule has 0 aromatic heterocycles. The number of carbonyl (C=O) groups is 2. The Bertz CT molecular complexity index is 989. The van der Waals surface area contributed by atoms with Crippen LogP contribution in [0.15, 0.2) is 54.6 Å². The molecule has 1 N–H and O–H groups in total. The highest BCUT2D eigenvalue weighted by Crippen LogP contribution is 2.40. The average molecular weight is 462 g/mol. The van der Waals surface area contributed by atoms with Crippen molar-refractivity contribution >= 4 is 11.8 Å². The fourth-order valence-corrected chi connectivity index (χ4v) is 5.88. The summed E-state index contributed by atoms with van der Waals surface area (Å²) in [5.74, 6) is 0.383. The fraction of sp³-hybridized carbons (Fsp3) is 0.500. The number of rotatable bonds is 6. The topological polar surface area (TPSA) is 61.9 Å². The zero-order valence-electron chi connectivity index (χ0n) is 19.8. The van der Waals surface area contributed by atoms with E-state index in [1.54, 1.807) is 0 Å². The highest BCUT2D eigenvalue weighted by Gasteiger charge is 2.47. The van der Waals surface area contributed by atoms with Crippen LogP contribution in [0.4, 0.5) is 0 Å². The van der Waals surface area contributed by atoms with Gasteiger partial charge in [-0.1, -0.05) is 55.3 Å². The number of ether oxygens (including phenoxy) is 1. The van der Waals surface area contributed by atoms with Crippen molar-refractivity contribution in [1.82, 2.24) is 15.1 Å². The summed E-state index contributed by atoms with van der Waals surface area (Å²) >= 11 is 0. The number of morpholine rings is 1. The molecule has 180 valence electrons. The Balaban J connectivity index is 1.25. The van der Waals surface area contributed by atoms with Gasteiger partial charge in [0.1, 0.15) is 6.04 Å². The summed E-state index contributed by atoms with van der Waals surface area (Å²) in [5.41, 5.74) is 3.01. The standard InChI is InChI=1S/C28H35N3O3/c32-27(29-19-21-7-6-8-22(17-21)20-30-13-15-34-16-14-30)26-18-24-11-4-5-12-25(24)31(26)28(33)23-9-2-1-3-10-23/h1-3,6-10,17,24-26H,4-5,11-16,18-20H2,(H,29,32). The minimum Gasteiger partial charge on any atom is -0.379 e. The average Bonchev–Trinajstić information content (AvgIpc) is 3.28. The van der Waals surface area contributed by atoms with Gasteiger partial charge in [-0.2, -0.15) is 0 Å². The SMILES string of the molecule is O=C(NCc1cccc(CN2CCOCC2)c1)C1CC2CCCCC2N1C(=O)c1ccccc1. The Hall–Kier alpha value is -2.70. The number of benzene rings is 2. The number of hydrogen-bond donors (Lipinski definition) is 1. The third-order valence-electron chi connectivity index (χ3n) is 7.61. The molecular formula is C28H35N3O3. The molecule has 0 radical (unpaired) electrons. The highest BCUT2D eigenvalue weighted by molar-refractivity contribution is 5.98. The molecule has 0 bridgehead atoms. The van der Waals surface area contributed by atoms with Crippen LogP contribution in [0.1, 0.15) is 53.6 Å². The first-order chi connectivity index (χ1) is 16.7. The largest absolute Gasteiger partial charge is 0.379 e. The van der Waals surface area contributed by atoms with Crippen molar-refractivity contribution in [3.63, 3.8) is 0 Å². The lowest BCUT2D eigenvalue weighted by Gasteiger charge is -2.33. The van der Waals surface area contributed by atoms with Crippen molar-refractivity contribution in [2.45, 2.75) is 57.3 Å². The van der Waals surface area contributed by atoms with Crippen LogP contribution in [-0.4, -0.2) is 60.0 Å². The van der Waals surface area contributed by atoms with Gasteiger partial charge in [-0.15, -0.1) is 0 Å². The highest BCUT2D eigenvalue weighted by atomic mass is 16.5. The first-order valence-corrected chi connectivity index (χ1v) is 12.7. The third kappa shape index (κ3) is 5.18. The predicted octanol–water partition coefficient (Wildman–Crippen LogP) is 3.61. The van der Waals surface area contributed by atoms with Crippen LogP contribution >= 0.6 is 0 Å².